The fourth-order valence-electron chi connectivity index (χ4n) is 2.90. The summed E-state index contributed by atoms with van der Waals surface area (Å²) < 4.78 is 42.9. The molecule has 0 aliphatic carbocycles. The Balaban J connectivity index is 1.80. The zero-order valence-corrected chi connectivity index (χ0v) is 15.2. The van der Waals surface area contributed by atoms with Crippen molar-refractivity contribution in [3.63, 3.8) is 0 Å². The van der Waals surface area contributed by atoms with Gasteiger partial charge in [0, 0.05) is 39.8 Å². The molecule has 0 unspecified atom stereocenters. The maximum absolute atomic E-state index is 12.6. The van der Waals surface area contributed by atoms with Gasteiger partial charge in [0.15, 0.2) is 0 Å². The molecule has 8 heteroatoms. The van der Waals surface area contributed by atoms with Gasteiger partial charge in [-0.2, -0.15) is 13.2 Å². The zero-order valence-electron chi connectivity index (χ0n) is 15.2. The average Bonchev–Trinajstić information content (AvgIpc) is 2.61. The van der Waals surface area contributed by atoms with Gasteiger partial charge in [-0.15, -0.1) is 0 Å². The molecule has 1 aromatic carbocycles. The van der Waals surface area contributed by atoms with E-state index in [4.69, 9.17) is 4.74 Å². The Morgan fingerprint density at radius 2 is 1.81 bits per heavy atom. The number of hydrogen-bond donors (Lipinski definition) is 1. The predicted octanol–water partition coefficient (Wildman–Crippen LogP) is 2.96. The summed E-state index contributed by atoms with van der Waals surface area (Å²) in [7, 11) is 1.61. The molecule has 1 N–H and O–H groups in total. The number of ether oxygens (including phenoxy) is 1. The van der Waals surface area contributed by atoms with Crippen LogP contribution >= 0.6 is 0 Å². The Morgan fingerprint density at radius 1 is 1.19 bits per heavy atom. The summed E-state index contributed by atoms with van der Waals surface area (Å²) in [5.41, 5.74) is 0.200. The molecule has 1 aromatic rings. The van der Waals surface area contributed by atoms with E-state index in [1.807, 2.05) is 6.92 Å². The van der Waals surface area contributed by atoms with Gasteiger partial charge in [-0.25, -0.2) is 4.79 Å². The molecule has 0 bridgehead atoms. The van der Waals surface area contributed by atoms with Crippen molar-refractivity contribution in [2.45, 2.75) is 32.1 Å². The number of halogens is 3. The first-order valence-corrected chi connectivity index (χ1v) is 8.76. The maximum Gasteiger partial charge on any atom is 0.416 e. The number of urea groups is 1. The van der Waals surface area contributed by atoms with Crippen LogP contribution in [0, 0.1) is 0 Å². The van der Waals surface area contributed by atoms with Crippen molar-refractivity contribution < 1.29 is 22.7 Å². The van der Waals surface area contributed by atoms with Crippen LogP contribution in [0.1, 0.15) is 24.5 Å². The quantitative estimate of drug-likeness (QED) is 0.834. The molecular formula is C18H26F3N3O2. The number of benzene rings is 1. The predicted molar refractivity (Wildman–Crippen MR) is 92.8 cm³/mol. The largest absolute Gasteiger partial charge is 0.416 e. The van der Waals surface area contributed by atoms with Crippen LogP contribution in [0.4, 0.5) is 18.0 Å². The van der Waals surface area contributed by atoms with E-state index in [-0.39, 0.29) is 12.1 Å². The standard InChI is InChI=1S/C18H26F3N3O2/c1-3-16(13-26-2)22-17(25)24-10-8-23(9-11-24)12-14-4-6-15(7-5-14)18(19,20)21/h4-7,16H,3,8-13H2,1-2H3,(H,22,25)/t16-/m1/s1. The van der Waals surface area contributed by atoms with Gasteiger partial charge in [-0.05, 0) is 24.1 Å². The first-order chi connectivity index (χ1) is 12.3. The van der Waals surface area contributed by atoms with Crippen molar-refractivity contribution in [2.24, 2.45) is 0 Å². The van der Waals surface area contributed by atoms with Gasteiger partial charge in [0.2, 0.25) is 0 Å². The van der Waals surface area contributed by atoms with Crippen molar-refractivity contribution in [3.8, 4) is 0 Å². The number of nitrogens with zero attached hydrogens (tertiary/aromatic N) is 2. The lowest BCUT2D eigenvalue weighted by Crippen LogP contribution is -2.53. The molecule has 1 fully saturated rings. The Kier molecular flexibility index (Phi) is 7.28. The van der Waals surface area contributed by atoms with E-state index >= 15 is 0 Å². The minimum Gasteiger partial charge on any atom is -0.383 e. The molecule has 0 radical (unpaired) electrons. The Morgan fingerprint density at radius 3 is 2.31 bits per heavy atom. The van der Waals surface area contributed by atoms with Gasteiger partial charge in [0.25, 0.3) is 0 Å². The summed E-state index contributed by atoms with van der Waals surface area (Å²) in [5.74, 6) is 0. The van der Waals surface area contributed by atoms with Crippen molar-refractivity contribution in [3.05, 3.63) is 35.4 Å². The summed E-state index contributed by atoms with van der Waals surface area (Å²) >= 11 is 0. The maximum atomic E-state index is 12.6. The van der Waals surface area contributed by atoms with Crippen LogP contribution in [0.5, 0.6) is 0 Å². The molecule has 26 heavy (non-hydrogen) atoms. The molecule has 1 saturated heterocycles. The minimum atomic E-state index is -4.31. The van der Waals surface area contributed by atoms with Crippen LogP contribution in [-0.2, 0) is 17.5 Å². The minimum absolute atomic E-state index is 0.00215. The molecule has 1 atom stereocenters. The van der Waals surface area contributed by atoms with Crippen molar-refractivity contribution in [1.29, 1.82) is 0 Å². The van der Waals surface area contributed by atoms with Crippen LogP contribution in [0.15, 0.2) is 24.3 Å². The molecule has 1 aliphatic rings. The zero-order chi connectivity index (χ0) is 19.2. The van der Waals surface area contributed by atoms with Crippen molar-refractivity contribution in [1.82, 2.24) is 15.1 Å². The van der Waals surface area contributed by atoms with E-state index in [0.29, 0.717) is 39.3 Å². The second-order valence-corrected chi connectivity index (χ2v) is 6.47. The highest BCUT2D eigenvalue weighted by Gasteiger charge is 2.30. The molecule has 0 aromatic heterocycles. The highest BCUT2D eigenvalue weighted by molar-refractivity contribution is 5.74. The van der Waals surface area contributed by atoms with Crippen LogP contribution in [0.3, 0.4) is 0 Å². The number of alkyl halides is 3. The number of carbonyl (C=O) groups is 1. The first kappa shape index (κ1) is 20.5. The van der Waals surface area contributed by atoms with E-state index in [1.54, 1.807) is 12.0 Å². The van der Waals surface area contributed by atoms with Gasteiger partial charge in [-0.1, -0.05) is 19.1 Å². The summed E-state index contributed by atoms with van der Waals surface area (Å²) in [4.78, 5) is 16.2. The molecular weight excluding hydrogens is 347 g/mol. The average molecular weight is 373 g/mol. The molecule has 0 spiro atoms. The van der Waals surface area contributed by atoms with Crippen LogP contribution < -0.4 is 5.32 Å². The van der Waals surface area contributed by atoms with Crippen molar-refractivity contribution in [2.75, 3.05) is 39.9 Å². The van der Waals surface area contributed by atoms with E-state index in [9.17, 15) is 18.0 Å². The fraction of sp³-hybridized carbons (Fsp3) is 0.611. The topological polar surface area (TPSA) is 44.8 Å². The third-order valence-corrected chi connectivity index (χ3v) is 4.54. The van der Waals surface area contributed by atoms with E-state index < -0.39 is 11.7 Å². The number of rotatable bonds is 6. The summed E-state index contributed by atoms with van der Waals surface area (Å²) in [6, 6.07) is 5.15. The van der Waals surface area contributed by atoms with E-state index in [0.717, 1.165) is 24.1 Å². The molecule has 1 heterocycles. The highest BCUT2D eigenvalue weighted by Crippen LogP contribution is 2.29. The number of amides is 2. The summed E-state index contributed by atoms with van der Waals surface area (Å²) in [6.45, 7) is 5.62. The number of nitrogens with one attached hydrogen (secondary N) is 1. The monoisotopic (exact) mass is 373 g/mol. The third kappa shape index (κ3) is 5.88. The lowest BCUT2D eigenvalue weighted by molar-refractivity contribution is -0.137. The number of piperazine rings is 1. The van der Waals surface area contributed by atoms with E-state index in [1.165, 1.54) is 12.1 Å². The Hall–Kier alpha value is -1.80. The molecule has 146 valence electrons. The van der Waals surface area contributed by atoms with Gasteiger partial charge >= 0.3 is 12.2 Å². The van der Waals surface area contributed by atoms with Gasteiger partial charge in [-0.3, -0.25) is 4.90 Å². The van der Waals surface area contributed by atoms with Crippen LogP contribution in [-0.4, -0.2) is 61.8 Å². The fourth-order valence-corrected chi connectivity index (χ4v) is 2.90. The van der Waals surface area contributed by atoms with Crippen LogP contribution in [0.2, 0.25) is 0 Å². The first-order valence-electron chi connectivity index (χ1n) is 8.76. The number of methoxy groups -OCH3 is 1. The smallest absolute Gasteiger partial charge is 0.383 e. The summed E-state index contributed by atoms with van der Waals surface area (Å²) in [5, 5.41) is 2.96. The lowest BCUT2D eigenvalue weighted by atomic mass is 10.1. The van der Waals surface area contributed by atoms with Crippen LogP contribution in [0.25, 0.3) is 0 Å². The Labute approximate surface area is 152 Å². The molecule has 2 rings (SSSR count). The van der Waals surface area contributed by atoms with Crippen molar-refractivity contribution >= 4 is 6.03 Å². The van der Waals surface area contributed by atoms with Gasteiger partial charge < -0.3 is 15.0 Å². The van der Waals surface area contributed by atoms with Gasteiger partial charge in [0.1, 0.15) is 0 Å². The summed E-state index contributed by atoms with van der Waals surface area (Å²) in [6.07, 6.45) is -3.51. The SMILES string of the molecule is CC[C@H](COC)NC(=O)N1CCN(Cc2ccc(C(F)(F)F)cc2)CC1. The molecule has 5 nitrogen and oxygen atoms in total. The second kappa shape index (κ2) is 9.23. The van der Waals surface area contributed by atoms with E-state index in [2.05, 4.69) is 10.2 Å². The number of hydrogen-bond acceptors (Lipinski definition) is 3. The normalized spacial score (nSPS) is 17.2. The second-order valence-electron chi connectivity index (χ2n) is 6.47. The highest BCUT2D eigenvalue weighted by atomic mass is 19.4. The molecule has 1 aliphatic heterocycles. The Bertz CT molecular complexity index is 570. The van der Waals surface area contributed by atoms with Gasteiger partial charge in [0.05, 0.1) is 18.2 Å². The number of carbonyl (C=O) groups excluding carboxylic acids is 1. The lowest BCUT2D eigenvalue weighted by Gasteiger charge is -2.35. The molecule has 0 saturated carbocycles. The molecule has 2 amide bonds. The third-order valence-electron chi connectivity index (χ3n) is 4.54.